The van der Waals surface area contributed by atoms with E-state index in [2.05, 4.69) is 76.7 Å². The monoisotopic (exact) mass is 434 g/mol. The molecule has 3 nitrogen and oxygen atoms in total. The molecule has 1 N–H and O–H groups in total. The zero-order valence-corrected chi connectivity index (χ0v) is 17.9. The molecule has 0 spiro atoms. The number of para-hydroxylation sites is 1. The molecule has 0 saturated heterocycles. The summed E-state index contributed by atoms with van der Waals surface area (Å²) < 4.78 is 2.26. The Morgan fingerprint density at radius 1 is 0.875 bits per heavy atom. The zero-order chi connectivity index (χ0) is 21.7. The minimum atomic E-state index is -0.104. The van der Waals surface area contributed by atoms with E-state index in [0.29, 0.717) is 10.6 Å². The molecule has 1 aromatic heterocycles. The molecule has 0 aliphatic carbocycles. The number of hydrogen-bond acceptors (Lipinski definition) is 1. The van der Waals surface area contributed by atoms with Crippen molar-refractivity contribution in [1.29, 1.82) is 0 Å². The molecule has 0 atom stereocenters. The van der Waals surface area contributed by atoms with Crippen molar-refractivity contribution in [3.63, 3.8) is 0 Å². The van der Waals surface area contributed by atoms with Crippen LogP contribution in [0.15, 0.2) is 91.1 Å². The normalized spacial score (nSPS) is 14.3. The van der Waals surface area contributed by atoms with E-state index in [1.165, 1.54) is 16.3 Å². The van der Waals surface area contributed by atoms with E-state index in [1.54, 1.807) is 6.07 Å². The van der Waals surface area contributed by atoms with Crippen LogP contribution in [0.3, 0.4) is 0 Å². The average Bonchev–Trinajstić information content (AvgIpc) is 3.31. The van der Waals surface area contributed by atoms with Crippen molar-refractivity contribution in [2.45, 2.75) is 6.54 Å². The van der Waals surface area contributed by atoms with Crippen molar-refractivity contribution in [3.05, 3.63) is 113 Å². The Labute approximate surface area is 190 Å². The van der Waals surface area contributed by atoms with Crippen LogP contribution in [0, 0.1) is 0 Å². The summed E-state index contributed by atoms with van der Waals surface area (Å²) >= 11 is 6.10. The van der Waals surface area contributed by atoms with Crippen LogP contribution in [0.25, 0.3) is 33.3 Å². The van der Waals surface area contributed by atoms with Crippen LogP contribution >= 0.6 is 11.6 Å². The number of aromatic nitrogens is 1. The van der Waals surface area contributed by atoms with E-state index in [9.17, 15) is 4.79 Å². The van der Waals surface area contributed by atoms with Crippen LogP contribution in [0.5, 0.6) is 0 Å². The highest BCUT2D eigenvalue weighted by molar-refractivity contribution is 6.36. The van der Waals surface area contributed by atoms with Crippen LogP contribution in [-0.2, 0) is 11.3 Å². The fourth-order valence-electron chi connectivity index (χ4n) is 4.60. The number of carbonyl (C=O) groups excluding carboxylic acids is 1. The number of fused-ring (bicyclic) bond motifs is 3. The highest BCUT2D eigenvalue weighted by Gasteiger charge is 2.24. The van der Waals surface area contributed by atoms with Crippen molar-refractivity contribution in [2.24, 2.45) is 0 Å². The van der Waals surface area contributed by atoms with Gasteiger partial charge in [0.15, 0.2) is 0 Å². The molecule has 2 heterocycles. The van der Waals surface area contributed by atoms with Gasteiger partial charge in [0.2, 0.25) is 0 Å². The summed E-state index contributed by atoms with van der Waals surface area (Å²) in [4.78, 5) is 12.7. The standard InChI is InChI=1S/C28H19ClN2O/c29-21-12-13-24-25(28(32)30-26(24)15-21)14-20-17-31(27-11-4-3-10-23(20)27)16-19-8-5-7-18-6-1-2-9-22(18)19/h1-15,17H,16H2,(H,30,32)/b25-14+. The summed E-state index contributed by atoms with van der Waals surface area (Å²) in [6.45, 7) is 0.753. The van der Waals surface area contributed by atoms with Crippen LogP contribution in [-0.4, -0.2) is 10.5 Å². The van der Waals surface area contributed by atoms with Crippen molar-refractivity contribution in [2.75, 3.05) is 5.32 Å². The first-order chi connectivity index (χ1) is 15.7. The van der Waals surface area contributed by atoms with Crippen LogP contribution in [0.4, 0.5) is 5.69 Å². The van der Waals surface area contributed by atoms with Crippen LogP contribution < -0.4 is 5.32 Å². The van der Waals surface area contributed by atoms with Gasteiger partial charge in [-0.1, -0.05) is 78.3 Å². The molecule has 4 heteroatoms. The fraction of sp³-hybridized carbons (Fsp3) is 0.0357. The number of carbonyl (C=O) groups is 1. The molecule has 0 radical (unpaired) electrons. The van der Waals surface area contributed by atoms with E-state index in [4.69, 9.17) is 11.6 Å². The molecule has 0 fully saturated rings. The number of benzene rings is 4. The predicted octanol–water partition coefficient (Wildman–Crippen LogP) is 6.99. The van der Waals surface area contributed by atoms with Gasteiger partial charge in [0, 0.05) is 45.4 Å². The van der Waals surface area contributed by atoms with Gasteiger partial charge in [-0.2, -0.15) is 0 Å². The molecule has 32 heavy (non-hydrogen) atoms. The third-order valence-electron chi connectivity index (χ3n) is 6.10. The number of rotatable bonds is 3. The lowest BCUT2D eigenvalue weighted by atomic mass is 10.0. The molecule has 154 valence electrons. The second kappa shape index (κ2) is 7.40. The van der Waals surface area contributed by atoms with Crippen LogP contribution in [0.1, 0.15) is 16.7 Å². The summed E-state index contributed by atoms with van der Waals surface area (Å²) in [5.41, 5.74) is 5.72. The molecule has 0 saturated carbocycles. The maximum absolute atomic E-state index is 12.7. The Morgan fingerprint density at radius 2 is 1.66 bits per heavy atom. The summed E-state index contributed by atoms with van der Waals surface area (Å²) in [5, 5.41) is 7.15. The number of anilines is 1. The van der Waals surface area contributed by atoms with Crippen LogP contribution in [0.2, 0.25) is 5.02 Å². The number of amides is 1. The molecule has 6 rings (SSSR count). The second-order valence-corrected chi connectivity index (χ2v) is 8.51. The van der Waals surface area contributed by atoms with Gasteiger partial charge in [-0.3, -0.25) is 4.79 Å². The van der Waals surface area contributed by atoms with E-state index in [1.807, 2.05) is 24.3 Å². The van der Waals surface area contributed by atoms with Gasteiger partial charge in [-0.05, 0) is 40.6 Å². The smallest absolute Gasteiger partial charge is 0.256 e. The molecule has 0 unspecified atom stereocenters. The molecule has 1 amide bonds. The van der Waals surface area contributed by atoms with Crippen molar-refractivity contribution >= 4 is 56.5 Å². The lowest BCUT2D eigenvalue weighted by molar-refractivity contribution is -0.110. The van der Waals surface area contributed by atoms with Crippen molar-refractivity contribution < 1.29 is 4.79 Å². The molecule has 4 aromatic carbocycles. The van der Waals surface area contributed by atoms with Gasteiger partial charge in [-0.25, -0.2) is 0 Å². The summed E-state index contributed by atoms with van der Waals surface area (Å²) in [6, 6.07) is 28.7. The van der Waals surface area contributed by atoms with Crippen molar-refractivity contribution in [1.82, 2.24) is 4.57 Å². The minimum absolute atomic E-state index is 0.104. The Bertz CT molecular complexity index is 1560. The highest BCUT2D eigenvalue weighted by Crippen LogP contribution is 2.36. The van der Waals surface area contributed by atoms with Gasteiger partial charge >= 0.3 is 0 Å². The summed E-state index contributed by atoms with van der Waals surface area (Å²) in [7, 11) is 0. The SMILES string of the molecule is O=C1Nc2cc(Cl)ccc2/C1=C\c1cn(Cc2cccc3ccccc23)c2ccccc12. The lowest BCUT2D eigenvalue weighted by Crippen LogP contribution is -2.03. The molecule has 1 aliphatic heterocycles. The summed E-state index contributed by atoms with van der Waals surface area (Å²) in [5.74, 6) is -0.104. The Balaban J connectivity index is 1.48. The minimum Gasteiger partial charge on any atom is -0.342 e. The van der Waals surface area contributed by atoms with Crippen molar-refractivity contribution in [3.8, 4) is 0 Å². The van der Waals surface area contributed by atoms with Gasteiger partial charge in [0.1, 0.15) is 0 Å². The fourth-order valence-corrected chi connectivity index (χ4v) is 4.77. The third-order valence-corrected chi connectivity index (χ3v) is 6.34. The third kappa shape index (κ3) is 3.10. The Hall–Kier alpha value is -3.82. The van der Waals surface area contributed by atoms with E-state index in [-0.39, 0.29) is 5.91 Å². The van der Waals surface area contributed by atoms with Gasteiger partial charge in [0.05, 0.1) is 5.69 Å². The lowest BCUT2D eigenvalue weighted by Gasteiger charge is -2.09. The number of nitrogens with one attached hydrogen (secondary N) is 1. The summed E-state index contributed by atoms with van der Waals surface area (Å²) in [6.07, 6.45) is 4.12. The Morgan fingerprint density at radius 3 is 2.56 bits per heavy atom. The molecular weight excluding hydrogens is 416 g/mol. The maximum Gasteiger partial charge on any atom is 0.256 e. The van der Waals surface area contributed by atoms with E-state index < -0.39 is 0 Å². The molecule has 0 bridgehead atoms. The van der Waals surface area contributed by atoms with E-state index in [0.717, 1.165) is 34.3 Å². The molecular formula is C28H19ClN2O. The first-order valence-corrected chi connectivity index (χ1v) is 10.9. The maximum atomic E-state index is 12.7. The topological polar surface area (TPSA) is 34.0 Å². The average molecular weight is 435 g/mol. The first kappa shape index (κ1) is 18.9. The first-order valence-electron chi connectivity index (χ1n) is 10.5. The van der Waals surface area contributed by atoms with Gasteiger partial charge < -0.3 is 9.88 Å². The van der Waals surface area contributed by atoms with E-state index >= 15 is 0 Å². The quantitative estimate of drug-likeness (QED) is 0.305. The largest absolute Gasteiger partial charge is 0.342 e. The molecule has 1 aliphatic rings. The number of nitrogens with zero attached hydrogens (tertiary/aromatic N) is 1. The van der Waals surface area contributed by atoms with Gasteiger partial charge in [-0.15, -0.1) is 0 Å². The molecule has 5 aromatic rings. The number of halogens is 1. The number of hydrogen-bond donors (Lipinski definition) is 1. The predicted molar refractivity (Wildman–Crippen MR) is 133 cm³/mol. The Kier molecular flexibility index (Phi) is 4.37. The highest BCUT2D eigenvalue weighted by atomic mass is 35.5. The van der Waals surface area contributed by atoms with Gasteiger partial charge in [0.25, 0.3) is 5.91 Å². The second-order valence-electron chi connectivity index (χ2n) is 8.07. The zero-order valence-electron chi connectivity index (χ0n) is 17.2.